The van der Waals surface area contributed by atoms with Crippen LogP contribution in [0.15, 0.2) is 48.5 Å². The molecular weight excluding hydrogens is 358 g/mol. The highest BCUT2D eigenvalue weighted by Gasteiger charge is 2.14. The highest BCUT2D eigenvalue weighted by Crippen LogP contribution is 2.29. The van der Waals surface area contributed by atoms with Crippen LogP contribution in [0.5, 0.6) is 11.5 Å². The molecule has 0 aliphatic carbocycles. The molecule has 2 aromatic rings. The van der Waals surface area contributed by atoms with E-state index in [1.54, 1.807) is 18.2 Å². The SMILES string of the molecule is CCCOc1ccc(C(=O)OCC(=O)NCCc2ccccc2)cc1OCC. The van der Waals surface area contributed by atoms with Gasteiger partial charge in [-0.15, -0.1) is 0 Å². The predicted octanol–water partition coefficient (Wildman–Crippen LogP) is 3.39. The third-order valence-corrected chi connectivity index (χ3v) is 3.85. The molecule has 2 aromatic carbocycles. The van der Waals surface area contributed by atoms with Gasteiger partial charge in [0, 0.05) is 6.54 Å². The lowest BCUT2D eigenvalue weighted by molar-refractivity contribution is -0.124. The number of hydrogen-bond acceptors (Lipinski definition) is 5. The van der Waals surface area contributed by atoms with E-state index in [9.17, 15) is 9.59 Å². The summed E-state index contributed by atoms with van der Waals surface area (Å²) >= 11 is 0. The van der Waals surface area contributed by atoms with Crippen LogP contribution in [0.2, 0.25) is 0 Å². The Morgan fingerprint density at radius 2 is 1.75 bits per heavy atom. The molecule has 0 bridgehead atoms. The normalized spacial score (nSPS) is 10.2. The van der Waals surface area contributed by atoms with E-state index in [-0.39, 0.29) is 12.5 Å². The largest absolute Gasteiger partial charge is 0.490 e. The Bertz CT molecular complexity index is 761. The fourth-order valence-electron chi connectivity index (χ4n) is 2.49. The van der Waals surface area contributed by atoms with Gasteiger partial charge in [0.15, 0.2) is 18.1 Å². The Morgan fingerprint density at radius 3 is 2.46 bits per heavy atom. The first kappa shape index (κ1) is 21.3. The van der Waals surface area contributed by atoms with Crippen molar-refractivity contribution in [3.63, 3.8) is 0 Å². The molecule has 2 rings (SSSR count). The van der Waals surface area contributed by atoms with Crippen LogP contribution < -0.4 is 14.8 Å². The molecular formula is C22H27NO5. The first-order chi connectivity index (χ1) is 13.6. The van der Waals surface area contributed by atoms with Crippen LogP contribution in [0.3, 0.4) is 0 Å². The van der Waals surface area contributed by atoms with E-state index in [2.05, 4.69) is 5.32 Å². The number of rotatable bonds is 11. The Balaban J connectivity index is 1.82. The van der Waals surface area contributed by atoms with E-state index in [1.165, 1.54) is 0 Å². The highest BCUT2D eigenvalue weighted by atomic mass is 16.5. The van der Waals surface area contributed by atoms with E-state index >= 15 is 0 Å². The summed E-state index contributed by atoms with van der Waals surface area (Å²) in [4.78, 5) is 24.1. The molecule has 6 nitrogen and oxygen atoms in total. The first-order valence-corrected chi connectivity index (χ1v) is 9.51. The zero-order valence-electron chi connectivity index (χ0n) is 16.4. The zero-order chi connectivity index (χ0) is 20.2. The summed E-state index contributed by atoms with van der Waals surface area (Å²) in [6, 6.07) is 14.7. The lowest BCUT2D eigenvalue weighted by Gasteiger charge is -2.13. The van der Waals surface area contributed by atoms with Crippen LogP contribution in [0.1, 0.15) is 36.2 Å². The van der Waals surface area contributed by atoms with Gasteiger partial charge in [-0.25, -0.2) is 4.79 Å². The number of carbonyl (C=O) groups is 2. The number of esters is 1. The second-order valence-electron chi connectivity index (χ2n) is 6.10. The van der Waals surface area contributed by atoms with Crippen LogP contribution in [-0.2, 0) is 16.0 Å². The number of nitrogens with one attached hydrogen (secondary N) is 1. The molecule has 0 saturated heterocycles. The molecule has 0 heterocycles. The van der Waals surface area contributed by atoms with Crippen molar-refractivity contribution in [2.45, 2.75) is 26.7 Å². The van der Waals surface area contributed by atoms with Gasteiger partial charge in [0.25, 0.3) is 5.91 Å². The van der Waals surface area contributed by atoms with Crippen molar-refractivity contribution in [3.05, 3.63) is 59.7 Å². The van der Waals surface area contributed by atoms with Crippen LogP contribution in [0.25, 0.3) is 0 Å². The minimum absolute atomic E-state index is 0.310. The zero-order valence-corrected chi connectivity index (χ0v) is 16.4. The molecule has 0 fully saturated rings. The van der Waals surface area contributed by atoms with E-state index in [0.29, 0.717) is 36.8 Å². The molecule has 0 unspecified atom stereocenters. The average Bonchev–Trinajstić information content (AvgIpc) is 2.72. The van der Waals surface area contributed by atoms with Gasteiger partial charge in [-0.05, 0) is 43.5 Å². The number of hydrogen-bond donors (Lipinski definition) is 1. The fraction of sp³-hybridized carbons (Fsp3) is 0.364. The fourth-order valence-corrected chi connectivity index (χ4v) is 2.49. The van der Waals surface area contributed by atoms with Gasteiger partial charge < -0.3 is 19.5 Å². The van der Waals surface area contributed by atoms with Crippen molar-refractivity contribution < 1.29 is 23.8 Å². The Morgan fingerprint density at radius 1 is 0.964 bits per heavy atom. The summed E-state index contributed by atoms with van der Waals surface area (Å²) in [5, 5.41) is 2.74. The van der Waals surface area contributed by atoms with Crippen LogP contribution in [0.4, 0.5) is 0 Å². The number of amides is 1. The smallest absolute Gasteiger partial charge is 0.338 e. The molecule has 0 aliphatic heterocycles. The first-order valence-electron chi connectivity index (χ1n) is 9.51. The second kappa shape index (κ2) is 11.6. The van der Waals surface area contributed by atoms with E-state index in [0.717, 1.165) is 18.4 Å². The summed E-state index contributed by atoms with van der Waals surface area (Å²) < 4.78 is 16.2. The minimum Gasteiger partial charge on any atom is -0.490 e. The maximum atomic E-state index is 12.2. The van der Waals surface area contributed by atoms with Gasteiger partial charge in [0.1, 0.15) is 0 Å². The topological polar surface area (TPSA) is 73.9 Å². The third kappa shape index (κ3) is 6.95. The molecule has 28 heavy (non-hydrogen) atoms. The molecule has 1 amide bonds. The van der Waals surface area contributed by atoms with Crippen LogP contribution >= 0.6 is 0 Å². The molecule has 0 aliphatic rings. The van der Waals surface area contributed by atoms with Gasteiger partial charge >= 0.3 is 5.97 Å². The molecule has 0 aromatic heterocycles. The maximum absolute atomic E-state index is 12.2. The van der Waals surface area contributed by atoms with Crippen molar-refractivity contribution in [3.8, 4) is 11.5 Å². The third-order valence-electron chi connectivity index (χ3n) is 3.85. The number of carbonyl (C=O) groups excluding carboxylic acids is 2. The van der Waals surface area contributed by atoms with Crippen molar-refractivity contribution in [1.82, 2.24) is 5.32 Å². The summed E-state index contributed by atoms with van der Waals surface area (Å²) in [6.45, 7) is 5.03. The summed E-state index contributed by atoms with van der Waals surface area (Å²) in [5.41, 5.74) is 1.44. The monoisotopic (exact) mass is 385 g/mol. The summed E-state index contributed by atoms with van der Waals surface area (Å²) in [6.07, 6.45) is 1.59. The summed E-state index contributed by atoms with van der Waals surface area (Å²) in [5.74, 6) is 0.148. The lowest BCUT2D eigenvalue weighted by atomic mass is 10.1. The number of ether oxygens (including phenoxy) is 3. The standard InChI is InChI=1S/C22H27NO5/c1-3-14-27-19-11-10-18(15-20(19)26-4-2)22(25)28-16-21(24)23-13-12-17-8-6-5-7-9-17/h5-11,15H,3-4,12-14,16H2,1-2H3,(H,23,24). The van der Waals surface area contributed by atoms with E-state index in [1.807, 2.05) is 44.2 Å². The van der Waals surface area contributed by atoms with Crippen LogP contribution in [-0.4, -0.2) is 38.2 Å². The van der Waals surface area contributed by atoms with Gasteiger partial charge in [0.05, 0.1) is 18.8 Å². The summed E-state index contributed by atoms with van der Waals surface area (Å²) in [7, 11) is 0. The van der Waals surface area contributed by atoms with Gasteiger partial charge in [-0.2, -0.15) is 0 Å². The van der Waals surface area contributed by atoms with Crippen molar-refractivity contribution in [1.29, 1.82) is 0 Å². The van der Waals surface area contributed by atoms with Crippen molar-refractivity contribution >= 4 is 11.9 Å². The molecule has 1 N–H and O–H groups in total. The Labute approximate surface area is 165 Å². The van der Waals surface area contributed by atoms with E-state index in [4.69, 9.17) is 14.2 Å². The second-order valence-corrected chi connectivity index (χ2v) is 6.10. The Hall–Kier alpha value is -3.02. The molecule has 0 saturated carbocycles. The lowest BCUT2D eigenvalue weighted by Crippen LogP contribution is -2.30. The van der Waals surface area contributed by atoms with Crippen molar-refractivity contribution in [2.24, 2.45) is 0 Å². The maximum Gasteiger partial charge on any atom is 0.338 e. The van der Waals surface area contributed by atoms with Gasteiger partial charge in [-0.1, -0.05) is 37.3 Å². The number of benzene rings is 2. The van der Waals surface area contributed by atoms with Gasteiger partial charge in [0.2, 0.25) is 0 Å². The highest BCUT2D eigenvalue weighted by molar-refractivity contribution is 5.92. The van der Waals surface area contributed by atoms with E-state index < -0.39 is 5.97 Å². The predicted molar refractivity (Wildman–Crippen MR) is 107 cm³/mol. The molecule has 6 heteroatoms. The van der Waals surface area contributed by atoms with Crippen LogP contribution in [0, 0.1) is 0 Å². The molecule has 0 atom stereocenters. The quantitative estimate of drug-likeness (QED) is 0.600. The molecule has 0 radical (unpaired) electrons. The van der Waals surface area contributed by atoms with Crippen molar-refractivity contribution in [2.75, 3.05) is 26.4 Å². The molecule has 150 valence electrons. The Kier molecular flexibility index (Phi) is 8.85. The molecule has 0 spiro atoms. The average molecular weight is 385 g/mol. The minimum atomic E-state index is -0.582. The van der Waals surface area contributed by atoms with Gasteiger partial charge in [-0.3, -0.25) is 4.79 Å².